The third-order valence-corrected chi connectivity index (χ3v) is 5.94. The van der Waals surface area contributed by atoms with E-state index in [0.29, 0.717) is 23.9 Å². The molecule has 0 spiro atoms. The maximum absolute atomic E-state index is 12.6. The molecular formula is C14H26N4O2S. The molecule has 0 bridgehead atoms. The van der Waals surface area contributed by atoms with Crippen molar-refractivity contribution in [2.45, 2.75) is 17.9 Å². The van der Waals surface area contributed by atoms with Crippen LogP contribution >= 0.6 is 0 Å². The molecule has 1 N–H and O–H groups in total. The van der Waals surface area contributed by atoms with Gasteiger partial charge in [-0.05, 0) is 39.0 Å². The lowest BCUT2D eigenvalue weighted by atomic mass is 10.1. The van der Waals surface area contributed by atoms with E-state index in [4.69, 9.17) is 0 Å². The highest BCUT2D eigenvalue weighted by molar-refractivity contribution is 7.89. The molecule has 1 aliphatic heterocycles. The molecule has 1 aromatic rings. The van der Waals surface area contributed by atoms with Crippen LogP contribution in [0.5, 0.6) is 0 Å². The van der Waals surface area contributed by atoms with Crippen LogP contribution in [0.15, 0.2) is 17.2 Å². The Morgan fingerprint density at radius 3 is 2.71 bits per heavy atom. The summed E-state index contributed by atoms with van der Waals surface area (Å²) in [5, 5.41) is 3.05. The van der Waals surface area contributed by atoms with Gasteiger partial charge in [-0.1, -0.05) is 0 Å². The second-order valence-electron chi connectivity index (χ2n) is 6.01. The molecule has 6 nitrogen and oxygen atoms in total. The lowest BCUT2D eigenvalue weighted by Crippen LogP contribution is -2.32. The largest absolute Gasteiger partial charge is 0.352 e. The van der Waals surface area contributed by atoms with E-state index in [1.165, 1.54) is 4.31 Å². The number of aryl methyl sites for hydroxylation is 1. The SMILES string of the molecule is CNCc1cc(S(=O)(=O)N(C)CC2CCN(C)C2)cn1C. The fourth-order valence-corrected chi connectivity index (χ4v) is 4.24. The van der Waals surface area contributed by atoms with Gasteiger partial charge >= 0.3 is 0 Å². The number of likely N-dealkylation sites (tertiary alicyclic amines) is 1. The molecule has 0 radical (unpaired) electrons. The van der Waals surface area contributed by atoms with Crippen molar-refractivity contribution >= 4 is 10.0 Å². The lowest BCUT2D eigenvalue weighted by Gasteiger charge is -2.20. The van der Waals surface area contributed by atoms with Gasteiger partial charge in [0, 0.05) is 45.6 Å². The van der Waals surface area contributed by atoms with E-state index in [1.54, 1.807) is 19.3 Å². The Balaban J connectivity index is 2.11. The van der Waals surface area contributed by atoms with Gasteiger partial charge in [-0.15, -0.1) is 0 Å². The van der Waals surface area contributed by atoms with E-state index in [1.807, 2.05) is 18.7 Å². The number of rotatable bonds is 6. The average Bonchev–Trinajstić information content (AvgIpc) is 2.97. The zero-order valence-electron chi connectivity index (χ0n) is 13.3. The summed E-state index contributed by atoms with van der Waals surface area (Å²) in [6.45, 7) is 3.27. The summed E-state index contributed by atoms with van der Waals surface area (Å²) in [5.41, 5.74) is 0.963. The Kier molecular flexibility index (Phi) is 5.08. The quantitative estimate of drug-likeness (QED) is 0.821. The van der Waals surface area contributed by atoms with Crippen molar-refractivity contribution < 1.29 is 8.42 Å². The fourth-order valence-electron chi connectivity index (χ4n) is 2.89. The molecule has 120 valence electrons. The number of aromatic nitrogens is 1. The van der Waals surface area contributed by atoms with E-state index < -0.39 is 10.0 Å². The van der Waals surface area contributed by atoms with E-state index in [-0.39, 0.29) is 0 Å². The topological polar surface area (TPSA) is 57.6 Å². The predicted molar refractivity (Wildman–Crippen MR) is 83.6 cm³/mol. The Bertz CT molecular complexity index is 582. The van der Waals surface area contributed by atoms with Gasteiger partial charge in [0.05, 0.1) is 0 Å². The molecular weight excluding hydrogens is 288 g/mol. The second-order valence-corrected chi connectivity index (χ2v) is 8.06. The van der Waals surface area contributed by atoms with Crippen LogP contribution < -0.4 is 5.32 Å². The Labute approximate surface area is 127 Å². The van der Waals surface area contributed by atoms with Crippen molar-refractivity contribution in [1.82, 2.24) is 19.1 Å². The molecule has 2 rings (SSSR count). The van der Waals surface area contributed by atoms with Crippen LogP contribution in [-0.4, -0.2) is 63.0 Å². The van der Waals surface area contributed by atoms with Crippen molar-refractivity contribution in [2.75, 3.05) is 40.8 Å². The van der Waals surface area contributed by atoms with E-state index in [2.05, 4.69) is 17.3 Å². The van der Waals surface area contributed by atoms with Crippen molar-refractivity contribution in [1.29, 1.82) is 0 Å². The monoisotopic (exact) mass is 314 g/mol. The first-order valence-corrected chi connectivity index (χ1v) is 8.73. The highest BCUT2D eigenvalue weighted by Crippen LogP contribution is 2.21. The molecule has 0 aromatic carbocycles. The van der Waals surface area contributed by atoms with Crippen molar-refractivity contribution in [3.8, 4) is 0 Å². The smallest absolute Gasteiger partial charge is 0.244 e. The summed E-state index contributed by atoms with van der Waals surface area (Å²) >= 11 is 0. The third-order valence-electron chi connectivity index (χ3n) is 4.15. The van der Waals surface area contributed by atoms with Crippen LogP contribution in [0.2, 0.25) is 0 Å². The Morgan fingerprint density at radius 1 is 1.43 bits per heavy atom. The number of sulfonamides is 1. The van der Waals surface area contributed by atoms with Crippen LogP contribution in [0.1, 0.15) is 12.1 Å². The van der Waals surface area contributed by atoms with Gasteiger partial charge in [-0.2, -0.15) is 0 Å². The number of nitrogens with one attached hydrogen (secondary N) is 1. The molecule has 21 heavy (non-hydrogen) atoms. The highest BCUT2D eigenvalue weighted by Gasteiger charge is 2.28. The zero-order chi connectivity index (χ0) is 15.6. The molecule has 1 atom stereocenters. The lowest BCUT2D eigenvalue weighted by molar-refractivity contribution is 0.357. The van der Waals surface area contributed by atoms with Crippen LogP contribution in [0.3, 0.4) is 0 Å². The zero-order valence-corrected chi connectivity index (χ0v) is 14.2. The number of hydrogen-bond acceptors (Lipinski definition) is 4. The molecule has 1 aliphatic rings. The van der Waals surface area contributed by atoms with Crippen molar-refractivity contribution in [3.05, 3.63) is 18.0 Å². The van der Waals surface area contributed by atoms with E-state index in [0.717, 1.165) is 25.2 Å². The molecule has 1 unspecified atom stereocenters. The first-order valence-electron chi connectivity index (χ1n) is 7.29. The molecule has 0 amide bonds. The molecule has 0 aliphatic carbocycles. The van der Waals surface area contributed by atoms with Gasteiger partial charge in [0.25, 0.3) is 0 Å². The summed E-state index contributed by atoms with van der Waals surface area (Å²) in [5.74, 6) is 0.426. The average molecular weight is 314 g/mol. The Morgan fingerprint density at radius 2 is 2.14 bits per heavy atom. The molecule has 0 saturated carbocycles. The molecule has 1 saturated heterocycles. The molecule has 1 fully saturated rings. The molecule has 2 heterocycles. The summed E-state index contributed by atoms with van der Waals surface area (Å²) in [6.07, 6.45) is 2.76. The Hall–Kier alpha value is -0.890. The molecule has 1 aromatic heterocycles. The normalized spacial score (nSPS) is 20.5. The third kappa shape index (κ3) is 3.66. The van der Waals surface area contributed by atoms with Crippen LogP contribution in [0, 0.1) is 5.92 Å². The van der Waals surface area contributed by atoms with Gasteiger partial charge in [-0.3, -0.25) is 0 Å². The maximum Gasteiger partial charge on any atom is 0.244 e. The first kappa shape index (κ1) is 16.5. The van der Waals surface area contributed by atoms with Gasteiger partial charge in [-0.25, -0.2) is 12.7 Å². The standard InChI is InChI=1S/C14H26N4O2S/c1-15-8-13-7-14(11-17(13)3)21(19,20)18(4)10-12-5-6-16(2)9-12/h7,11-12,15H,5-6,8-10H2,1-4H3. The first-order chi connectivity index (χ1) is 9.84. The van der Waals surface area contributed by atoms with Crippen molar-refractivity contribution in [2.24, 2.45) is 13.0 Å². The number of nitrogens with zero attached hydrogens (tertiary/aromatic N) is 3. The van der Waals surface area contributed by atoms with E-state index >= 15 is 0 Å². The minimum Gasteiger partial charge on any atom is -0.352 e. The van der Waals surface area contributed by atoms with Gasteiger partial charge in [0.15, 0.2) is 0 Å². The predicted octanol–water partition coefficient (Wildman–Crippen LogP) is 0.317. The summed E-state index contributed by atoms with van der Waals surface area (Å²) < 4.78 is 28.7. The summed E-state index contributed by atoms with van der Waals surface area (Å²) in [4.78, 5) is 2.63. The van der Waals surface area contributed by atoms with Crippen LogP contribution in [0.25, 0.3) is 0 Å². The van der Waals surface area contributed by atoms with Gasteiger partial charge in [0.2, 0.25) is 10.0 Å². The fraction of sp³-hybridized carbons (Fsp3) is 0.714. The highest BCUT2D eigenvalue weighted by atomic mass is 32.2. The maximum atomic E-state index is 12.6. The second kappa shape index (κ2) is 6.48. The minimum absolute atomic E-state index is 0.379. The minimum atomic E-state index is -3.40. The van der Waals surface area contributed by atoms with Gasteiger partial charge < -0.3 is 14.8 Å². The summed E-state index contributed by atoms with van der Waals surface area (Å²) in [6, 6.07) is 1.75. The number of hydrogen-bond donors (Lipinski definition) is 1. The molecule has 7 heteroatoms. The van der Waals surface area contributed by atoms with Crippen LogP contribution in [0.4, 0.5) is 0 Å². The van der Waals surface area contributed by atoms with Crippen LogP contribution in [-0.2, 0) is 23.6 Å². The van der Waals surface area contributed by atoms with E-state index in [9.17, 15) is 8.42 Å². The summed E-state index contributed by atoms with van der Waals surface area (Å²) in [7, 11) is 4.08. The van der Waals surface area contributed by atoms with Crippen molar-refractivity contribution in [3.63, 3.8) is 0 Å². The van der Waals surface area contributed by atoms with Gasteiger partial charge in [0.1, 0.15) is 4.90 Å².